The van der Waals surface area contributed by atoms with Crippen molar-refractivity contribution in [2.45, 2.75) is 60.3 Å². The molecule has 1 aliphatic rings. The topological polar surface area (TPSA) is 6.48 Å². The lowest BCUT2D eigenvalue weighted by Crippen LogP contribution is -2.34. The van der Waals surface area contributed by atoms with Crippen LogP contribution in [-0.4, -0.2) is 49.6 Å². The van der Waals surface area contributed by atoms with Gasteiger partial charge in [-0.25, -0.2) is 0 Å². The van der Waals surface area contributed by atoms with E-state index in [2.05, 4.69) is 51.5 Å². The first-order chi connectivity index (χ1) is 9.40. The lowest BCUT2D eigenvalue weighted by Gasteiger charge is -2.35. The first-order valence-corrected chi connectivity index (χ1v) is 8.50. The van der Waals surface area contributed by atoms with Crippen LogP contribution in [0.2, 0.25) is 0 Å². The van der Waals surface area contributed by atoms with Gasteiger partial charge in [0.05, 0.1) is 0 Å². The smallest absolute Gasteiger partial charge is 0.0109 e. The van der Waals surface area contributed by atoms with Gasteiger partial charge >= 0.3 is 0 Å². The van der Waals surface area contributed by atoms with Crippen LogP contribution in [0.1, 0.15) is 60.3 Å². The summed E-state index contributed by atoms with van der Waals surface area (Å²) in [5, 5.41) is 0. The minimum Gasteiger partial charge on any atom is -0.305 e. The maximum absolute atomic E-state index is 2.51. The van der Waals surface area contributed by atoms with Crippen LogP contribution in [0.5, 0.6) is 0 Å². The molecular formula is C18H36N2. The molecule has 0 saturated carbocycles. The number of likely N-dealkylation sites (N-methyl/N-ethyl adjacent to an activating group) is 2. The average molecular weight is 280 g/mol. The van der Waals surface area contributed by atoms with Crippen LogP contribution in [0.25, 0.3) is 0 Å². The summed E-state index contributed by atoms with van der Waals surface area (Å²) in [6.45, 7) is 17.7. The summed E-state index contributed by atoms with van der Waals surface area (Å²) >= 11 is 0. The van der Waals surface area contributed by atoms with E-state index in [-0.39, 0.29) is 0 Å². The molecule has 0 aromatic carbocycles. The van der Waals surface area contributed by atoms with Gasteiger partial charge in [0.1, 0.15) is 0 Å². The zero-order chi connectivity index (χ0) is 15.2. The Morgan fingerprint density at radius 1 is 1.05 bits per heavy atom. The predicted molar refractivity (Wildman–Crippen MR) is 90.2 cm³/mol. The summed E-state index contributed by atoms with van der Waals surface area (Å²) in [5.41, 5.74) is 3.83. The van der Waals surface area contributed by atoms with E-state index in [9.17, 15) is 0 Å². The molecule has 2 nitrogen and oxygen atoms in total. The normalized spacial score (nSPS) is 19.2. The molecule has 0 aromatic heterocycles. The average Bonchev–Trinajstić information content (AvgIpc) is 2.38. The monoisotopic (exact) mass is 280 g/mol. The molecule has 1 rings (SSSR count). The largest absolute Gasteiger partial charge is 0.305 e. The van der Waals surface area contributed by atoms with Crippen LogP contribution in [-0.2, 0) is 0 Å². The van der Waals surface area contributed by atoms with E-state index in [1.807, 2.05) is 0 Å². The molecule has 0 spiro atoms. The summed E-state index contributed by atoms with van der Waals surface area (Å²) in [6.07, 6.45) is 5.32. The van der Waals surface area contributed by atoms with Crippen LogP contribution < -0.4 is 0 Å². The Bertz CT molecular complexity index is 313. The molecule has 2 heteroatoms. The van der Waals surface area contributed by atoms with Crippen molar-refractivity contribution in [3.05, 3.63) is 11.1 Å². The molecule has 0 radical (unpaired) electrons. The molecule has 0 saturated heterocycles. The Morgan fingerprint density at radius 3 is 2.25 bits per heavy atom. The van der Waals surface area contributed by atoms with Crippen molar-refractivity contribution in [2.75, 3.05) is 39.8 Å². The van der Waals surface area contributed by atoms with Gasteiger partial charge in [-0.2, -0.15) is 0 Å². The highest BCUT2D eigenvalue weighted by molar-refractivity contribution is 5.22. The minimum absolute atomic E-state index is 0.433. The second-order valence-corrected chi connectivity index (χ2v) is 7.08. The number of hydrogen-bond donors (Lipinski definition) is 0. The molecule has 0 amide bonds. The standard InChI is InChI=1S/C18H36N2/c1-7-20(8-2)15-14-19(6)13-11-17-16(3)10-9-12-18(17,4)5/h7-15H2,1-6H3. The third kappa shape index (κ3) is 5.21. The third-order valence-corrected chi connectivity index (χ3v) is 5.12. The van der Waals surface area contributed by atoms with Gasteiger partial charge in [0.15, 0.2) is 0 Å². The van der Waals surface area contributed by atoms with Gasteiger partial charge in [-0.3, -0.25) is 0 Å². The van der Waals surface area contributed by atoms with Gasteiger partial charge in [-0.15, -0.1) is 0 Å². The van der Waals surface area contributed by atoms with E-state index in [4.69, 9.17) is 0 Å². The predicted octanol–water partition coefficient (Wildman–Crippen LogP) is 4.18. The van der Waals surface area contributed by atoms with Crippen molar-refractivity contribution >= 4 is 0 Å². The van der Waals surface area contributed by atoms with Crippen LogP contribution in [0, 0.1) is 5.41 Å². The second kappa shape index (κ2) is 8.19. The second-order valence-electron chi connectivity index (χ2n) is 7.08. The molecule has 118 valence electrons. The summed E-state index contributed by atoms with van der Waals surface area (Å²) in [6, 6.07) is 0. The molecule has 0 bridgehead atoms. The summed E-state index contributed by atoms with van der Waals surface area (Å²) in [5.74, 6) is 0. The fraction of sp³-hybridized carbons (Fsp3) is 0.889. The van der Waals surface area contributed by atoms with E-state index in [0.29, 0.717) is 5.41 Å². The molecule has 0 fully saturated rings. The lowest BCUT2D eigenvalue weighted by molar-refractivity contribution is 0.237. The van der Waals surface area contributed by atoms with Gasteiger partial charge < -0.3 is 9.80 Å². The first-order valence-electron chi connectivity index (χ1n) is 8.50. The van der Waals surface area contributed by atoms with Crippen molar-refractivity contribution in [1.29, 1.82) is 0 Å². The molecule has 0 atom stereocenters. The fourth-order valence-electron chi connectivity index (χ4n) is 3.49. The zero-order valence-corrected chi connectivity index (χ0v) is 14.8. The van der Waals surface area contributed by atoms with Gasteiger partial charge in [0.25, 0.3) is 0 Å². The van der Waals surface area contributed by atoms with Crippen LogP contribution >= 0.6 is 0 Å². The van der Waals surface area contributed by atoms with Crippen LogP contribution in [0.15, 0.2) is 11.1 Å². The van der Waals surface area contributed by atoms with Crippen molar-refractivity contribution < 1.29 is 0 Å². The first kappa shape index (κ1) is 17.7. The van der Waals surface area contributed by atoms with Crippen molar-refractivity contribution in [2.24, 2.45) is 5.41 Å². The SMILES string of the molecule is CCN(CC)CCN(C)CCC1=C(C)CCCC1(C)C. The highest BCUT2D eigenvalue weighted by atomic mass is 15.2. The van der Waals surface area contributed by atoms with Gasteiger partial charge in [-0.05, 0) is 58.2 Å². The number of rotatable bonds is 8. The molecule has 20 heavy (non-hydrogen) atoms. The van der Waals surface area contributed by atoms with Crippen molar-refractivity contribution in [3.63, 3.8) is 0 Å². The molecule has 0 aliphatic heterocycles. The van der Waals surface area contributed by atoms with E-state index in [1.54, 1.807) is 11.1 Å². The van der Waals surface area contributed by atoms with Crippen molar-refractivity contribution in [3.8, 4) is 0 Å². The maximum atomic E-state index is 2.51. The van der Waals surface area contributed by atoms with Gasteiger partial charge in [0, 0.05) is 19.6 Å². The van der Waals surface area contributed by atoms with E-state index in [0.717, 1.165) is 0 Å². The van der Waals surface area contributed by atoms with Gasteiger partial charge in [0.2, 0.25) is 0 Å². The maximum Gasteiger partial charge on any atom is 0.0109 e. The fourth-order valence-corrected chi connectivity index (χ4v) is 3.49. The Labute approximate surface area is 127 Å². The molecule has 0 aromatic rings. The molecule has 0 N–H and O–H groups in total. The Hall–Kier alpha value is -0.340. The van der Waals surface area contributed by atoms with Crippen molar-refractivity contribution in [1.82, 2.24) is 9.80 Å². The number of hydrogen-bond acceptors (Lipinski definition) is 2. The molecule has 0 heterocycles. The van der Waals surface area contributed by atoms with E-state index in [1.165, 1.54) is 58.4 Å². The quantitative estimate of drug-likeness (QED) is 0.616. The Balaban J connectivity index is 2.42. The zero-order valence-electron chi connectivity index (χ0n) is 14.8. The highest BCUT2D eigenvalue weighted by Crippen LogP contribution is 2.41. The third-order valence-electron chi connectivity index (χ3n) is 5.12. The Kier molecular flexibility index (Phi) is 7.25. The summed E-state index contributed by atoms with van der Waals surface area (Å²) in [4.78, 5) is 5.01. The minimum atomic E-state index is 0.433. The molecular weight excluding hydrogens is 244 g/mol. The van der Waals surface area contributed by atoms with E-state index >= 15 is 0 Å². The summed E-state index contributed by atoms with van der Waals surface area (Å²) in [7, 11) is 2.27. The van der Waals surface area contributed by atoms with Crippen LogP contribution in [0.4, 0.5) is 0 Å². The van der Waals surface area contributed by atoms with E-state index < -0.39 is 0 Å². The highest BCUT2D eigenvalue weighted by Gasteiger charge is 2.27. The number of nitrogens with zero attached hydrogens (tertiary/aromatic N) is 2. The molecule has 1 aliphatic carbocycles. The molecule has 0 unspecified atom stereocenters. The lowest BCUT2D eigenvalue weighted by atomic mass is 9.71. The van der Waals surface area contributed by atoms with Crippen LogP contribution in [0.3, 0.4) is 0 Å². The Morgan fingerprint density at radius 2 is 1.70 bits per heavy atom. The number of allylic oxidation sites excluding steroid dienone is 1. The summed E-state index contributed by atoms with van der Waals surface area (Å²) < 4.78 is 0. The van der Waals surface area contributed by atoms with Gasteiger partial charge in [-0.1, -0.05) is 38.8 Å².